The Morgan fingerprint density at radius 3 is 2.65 bits per heavy atom. The molecule has 0 saturated heterocycles. The van der Waals surface area contributed by atoms with Crippen LogP contribution in [0.2, 0.25) is 0 Å². The molecule has 0 unspecified atom stereocenters. The fourth-order valence-corrected chi connectivity index (χ4v) is 2.66. The van der Waals surface area contributed by atoms with E-state index in [2.05, 4.69) is 36.3 Å². The molecule has 0 fully saturated rings. The van der Waals surface area contributed by atoms with Crippen molar-refractivity contribution >= 4 is 22.7 Å². The van der Waals surface area contributed by atoms with Gasteiger partial charge in [-0.2, -0.15) is 0 Å². The standard InChI is InChI=1S/C22H26N2O2/c1-6-14(2)15-10-11-19-18(13-15)24-20(26-19)16-8-7-9-17(12-16)23-21(25)22(3,4)5/h7-14H,6H2,1-5H3,(H,23,25)/t14-/m1/s1. The lowest BCUT2D eigenvalue weighted by atomic mass is 9.95. The van der Waals surface area contributed by atoms with Crippen LogP contribution >= 0.6 is 0 Å². The first-order valence-electron chi connectivity index (χ1n) is 9.10. The van der Waals surface area contributed by atoms with Crippen molar-refractivity contribution in [3.63, 3.8) is 0 Å². The number of hydrogen-bond donors (Lipinski definition) is 1. The maximum Gasteiger partial charge on any atom is 0.229 e. The van der Waals surface area contributed by atoms with E-state index in [0.717, 1.165) is 28.8 Å². The molecule has 0 bridgehead atoms. The van der Waals surface area contributed by atoms with E-state index in [-0.39, 0.29) is 5.91 Å². The molecule has 0 radical (unpaired) electrons. The molecule has 0 aliphatic rings. The van der Waals surface area contributed by atoms with Crippen LogP contribution < -0.4 is 5.32 Å². The van der Waals surface area contributed by atoms with Gasteiger partial charge in [-0.25, -0.2) is 4.98 Å². The third kappa shape index (κ3) is 3.79. The van der Waals surface area contributed by atoms with Gasteiger partial charge in [-0.05, 0) is 48.2 Å². The molecule has 1 amide bonds. The van der Waals surface area contributed by atoms with Crippen LogP contribution in [-0.4, -0.2) is 10.9 Å². The largest absolute Gasteiger partial charge is 0.436 e. The van der Waals surface area contributed by atoms with Gasteiger partial charge in [0.25, 0.3) is 0 Å². The van der Waals surface area contributed by atoms with Crippen LogP contribution in [-0.2, 0) is 4.79 Å². The normalized spacial score (nSPS) is 13.0. The lowest BCUT2D eigenvalue weighted by Crippen LogP contribution is -2.27. The summed E-state index contributed by atoms with van der Waals surface area (Å²) in [7, 11) is 0. The number of benzene rings is 2. The second kappa shape index (κ2) is 6.94. The molecule has 4 nitrogen and oxygen atoms in total. The molecule has 2 aromatic carbocycles. The molecule has 0 spiro atoms. The fraction of sp³-hybridized carbons (Fsp3) is 0.364. The molecule has 0 aliphatic carbocycles. The molecule has 0 saturated carbocycles. The Balaban J connectivity index is 1.91. The van der Waals surface area contributed by atoms with Crippen molar-refractivity contribution in [3.8, 4) is 11.5 Å². The smallest absolute Gasteiger partial charge is 0.229 e. The minimum atomic E-state index is -0.444. The van der Waals surface area contributed by atoms with Crippen LogP contribution in [0.1, 0.15) is 52.5 Å². The molecule has 0 aliphatic heterocycles. The van der Waals surface area contributed by atoms with E-state index in [4.69, 9.17) is 4.42 Å². The number of nitrogens with one attached hydrogen (secondary N) is 1. The number of anilines is 1. The van der Waals surface area contributed by atoms with Crippen molar-refractivity contribution < 1.29 is 9.21 Å². The second-order valence-corrected chi connectivity index (χ2v) is 7.84. The van der Waals surface area contributed by atoms with Crippen molar-refractivity contribution in [2.24, 2.45) is 5.41 Å². The molecular weight excluding hydrogens is 324 g/mol. The predicted octanol–water partition coefficient (Wildman–Crippen LogP) is 5.99. The summed E-state index contributed by atoms with van der Waals surface area (Å²) < 4.78 is 5.93. The lowest BCUT2D eigenvalue weighted by molar-refractivity contribution is -0.123. The number of oxazole rings is 1. The summed E-state index contributed by atoms with van der Waals surface area (Å²) in [5.74, 6) is 1.04. The Morgan fingerprint density at radius 1 is 1.19 bits per heavy atom. The molecule has 3 rings (SSSR count). The second-order valence-electron chi connectivity index (χ2n) is 7.84. The first-order valence-corrected chi connectivity index (χ1v) is 9.10. The van der Waals surface area contributed by atoms with Crippen molar-refractivity contribution in [2.75, 3.05) is 5.32 Å². The zero-order chi connectivity index (χ0) is 18.9. The van der Waals surface area contributed by atoms with Gasteiger partial charge in [0.1, 0.15) is 5.52 Å². The van der Waals surface area contributed by atoms with Gasteiger partial charge in [-0.3, -0.25) is 4.79 Å². The van der Waals surface area contributed by atoms with Crippen molar-refractivity contribution in [1.82, 2.24) is 4.98 Å². The number of aromatic nitrogens is 1. The SMILES string of the molecule is CC[C@@H](C)c1ccc2oc(-c3cccc(NC(=O)C(C)(C)C)c3)nc2c1. The lowest BCUT2D eigenvalue weighted by Gasteiger charge is -2.17. The summed E-state index contributed by atoms with van der Waals surface area (Å²) in [5.41, 5.74) is 4.05. The number of nitrogens with zero attached hydrogens (tertiary/aromatic N) is 1. The summed E-state index contributed by atoms with van der Waals surface area (Å²) in [4.78, 5) is 16.9. The van der Waals surface area contributed by atoms with Crippen LogP contribution in [0.4, 0.5) is 5.69 Å². The highest BCUT2D eigenvalue weighted by Gasteiger charge is 2.21. The highest BCUT2D eigenvalue weighted by atomic mass is 16.3. The summed E-state index contributed by atoms with van der Waals surface area (Å²) in [6.07, 6.45) is 1.09. The monoisotopic (exact) mass is 350 g/mol. The number of rotatable bonds is 4. The Hall–Kier alpha value is -2.62. The first-order chi connectivity index (χ1) is 12.3. The minimum Gasteiger partial charge on any atom is -0.436 e. The van der Waals surface area contributed by atoms with Crippen molar-refractivity contribution in [1.29, 1.82) is 0 Å². The van der Waals surface area contributed by atoms with Gasteiger partial charge in [0.2, 0.25) is 11.8 Å². The molecule has 4 heteroatoms. The Morgan fingerprint density at radius 2 is 1.96 bits per heavy atom. The molecule has 3 aromatic rings. The molecule has 136 valence electrons. The fourth-order valence-electron chi connectivity index (χ4n) is 2.66. The van der Waals surface area contributed by atoms with E-state index < -0.39 is 5.41 Å². The summed E-state index contributed by atoms with van der Waals surface area (Å²) in [5, 5.41) is 2.95. The maximum atomic E-state index is 12.2. The predicted molar refractivity (Wildman–Crippen MR) is 106 cm³/mol. The molecule has 26 heavy (non-hydrogen) atoms. The minimum absolute atomic E-state index is 0.0228. The van der Waals surface area contributed by atoms with Crippen LogP contribution in [0, 0.1) is 5.41 Å². The van der Waals surface area contributed by atoms with Crippen LogP contribution in [0.25, 0.3) is 22.6 Å². The molecule has 1 heterocycles. The van der Waals surface area contributed by atoms with Crippen LogP contribution in [0.15, 0.2) is 46.9 Å². The van der Waals surface area contributed by atoms with E-state index in [9.17, 15) is 4.79 Å². The van der Waals surface area contributed by atoms with E-state index >= 15 is 0 Å². The van der Waals surface area contributed by atoms with Crippen molar-refractivity contribution in [2.45, 2.75) is 47.0 Å². The zero-order valence-electron chi connectivity index (χ0n) is 16.1. The summed E-state index contributed by atoms with van der Waals surface area (Å²) in [6, 6.07) is 13.8. The average Bonchev–Trinajstić information content (AvgIpc) is 3.03. The third-order valence-corrected chi connectivity index (χ3v) is 4.64. The molecule has 1 N–H and O–H groups in total. The van der Waals surface area contributed by atoms with E-state index in [1.165, 1.54) is 5.56 Å². The highest BCUT2D eigenvalue weighted by molar-refractivity contribution is 5.95. The van der Waals surface area contributed by atoms with Gasteiger partial charge < -0.3 is 9.73 Å². The van der Waals surface area contributed by atoms with Gasteiger partial charge >= 0.3 is 0 Å². The zero-order valence-corrected chi connectivity index (χ0v) is 16.1. The third-order valence-electron chi connectivity index (χ3n) is 4.64. The number of carbonyl (C=O) groups is 1. The Bertz CT molecular complexity index is 935. The highest BCUT2D eigenvalue weighted by Crippen LogP contribution is 2.29. The molecular formula is C22H26N2O2. The topological polar surface area (TPSA) is 55.1 Å². The quantitative estimate of drug-likeness (QED) is 0.628. The Labute approximate surface area is 154 Å². The molecule has 1 atom stereocenters. The maximum absolute atomic E-state index is 12.2. The number of carbonyl (C=O) groups excluding carboxylic acids is 1. The first kappa shape index (κ1) is 18.2. The summed E-state index contributed by atoms with van der Waals surface area (Å²) in [6.45, 7) is 10.1. The number of amides is 1. The molecule has 1 aromatic heterocycles. The van der Waals surface area contributed by atoms with E-state index in [1.807, 2.05) is 51.1 Å². The van der Waals surface area contributed by atoms with Crippen LogP contribution in [0.3, 0.4) is 0 Å². The van der Waals surface area contributed by atoms with Gasteiger partial charge in [0.05, 0.1) is 0 Å². The number of fused-ring (bicyclic) bond motifs is 1. The van der Waals surface area contributed by atoms with E-state index in [0.29, 0.717) is 11.8 Å². The van der Waals surface area contributed by atoms with Gasteiger partial charge in [0.15, 0.2) is 5.58 Å². The van der Waals surface area contributed by atoms with Gasteiger partial charge in [-0.15, -0.1) is 0 Å². The average molecular weight is 350 g/mol. The van der Waals surface area contributed by atoms with Crippen LogP contribution in [0.5, 0.6) is 0 Å². The van der Waals surface area contributed by atoms with Gasteiger partial charge in [0, 0.05) is 16.7 Å². The Kier molecular flexibility index (Phi) is 4.86. The van der Waals surface area contributed by atoms with Crippen molar-refractivity contribution in [3.05, 3.63) is 48.0 Å². The van der Waals surface area contributed by atoms with E-state index in [1.54, 1.807) is 0 Å². The number of hydrogen-bond acceptors (Lipinski definition) is 3. The summed E-state index contributed by atoms with van der Waals surface area (Å²) >= 11 is 0. The van der Waals surface area contributed by atoms with Gasteiger partial charge in [-0.1, -0.05) is 46.8 Å².